The molecule has 2 heterocycles. The fourth-order valence-corrected chi connectivity index (χ4v) is 2.27. The van der Waals surface area contributed by atoms with Crippen molar-refractivity contribution >= 4 is 16.9 Å². The van der Waals surface area contributed by atoms with Crippen LogP contribution in [0, 0.1) is 0 Å². The van der Waals surface area contributed by atoms with E-state index in [1.165, 1.54) is 18.5 Å². The number of pyridine rings is 1. The number of alkyl halides is 3. The summed E-state index contributed by atoms with van der Waals surface area (Å²) in [7, 11) is 0. The first-order chi connectivity index (χ1) is 11.4. The van der Waals surface area contributed by atoms with Gasteiger partial charge in [-0.25, -0.2) is 15.0 Å². The van der Waals surface area contributed by atoms with Crippen LogP contribution in [0.25, 0.3) is 11.0 Å². The van der Waals surface area contributed by atoms with Gasteiger partial charge in [0.1, 0.15) is 12.1 Å². The predicted octanol–water partition coefficient (Wildman–Crippen LogP) is 3.19. The van der Waals surface area contributed by atoms with E-state index in [0.29, 0.717) is 16.9 Å². The molecule has 0 aliphatic heterocycles. The maximum absolute atomic E-state index is 12.7. The second-order valence-corrected chi connectivity index (χ2v) is 5.12. The van der Waals surface area contributed by atoms with E-state index in [4.69, 9.17) is 0 Å². The molecule has 1 unspecified atom stereocenters. The summed E-state index contributed by atoms with van der Waals surface area (Å²) in [4.78, 5) is 12.2. The first-order valence-electron chi connectivity index (χ1n) is 7.10. The van der Waals surface area contributed by atoms with Crippen LogP contribution in [0.5, 0.6) is 0 Å². The summed E-state index contributed by atoms with van der Waals surface area (Å²) in [5.74, 6) is 0.458. The van der Waals surface area contributed by atoms with Crippen LogP contribution in [-0.4, -0.2) is 26.6 Å². The molecule has 3 aromatic rings. The van der Waals surface area contributed by atoms with Crippen molar-refractivity contribution in [3.8, 4) is 0 Å². The van der Waals surface area contributed by atoms with Gasteiger partial charge in [0.05, 0.1) is 17.1 Å². The Morgan fingerprint density at radius 1 is 1.08 bits per heavy atom. The highest BCUT2D eigenvalue weighted by Gasteiger charge is 2.30. The Kier molecular flexibility index (Phi) is 4.30. The van der Waals surface area contributed by atoms with Crippen LogP contribution in [-0.2, 0) is 6.18 Å². The van der Waals surface area contributed by atoms with Gasteiger partial charge in [0.25, 0.3) is 0 Å². The molecule has 0 aliphatic carbocycles. The van der Waals surface area contributed by atoms with Crippen LogP contribution in [0.3, 0.4) is 0 Å². The number of rotatable bonds is 4. The Labute approximate surface area is 135 Å². The lowest BCUT2D eigenvalue weighted by molar-refractivity contribution is -0.137. The Balaban J connectivity index is 1.77. The fourth-order valence-electron chi connectivity index (χ4n) is 2.27. The zero-order chi connectivity index (χ0) is 17.2. The van der Waals surface area contributed by atoms with Gasteiger partial charge in [-0.3, -0.25) is 0 Å². The van der Waals surface area contributed by atoms with E-state index in [1.807, 2.05) is 0 Å². The molecule has 124 valence electrons. The van der Waals surface area contributed by atoms with Gasteiger partial charge < -0.3 is 10.4 Å². The van der Waals surface area contributed by atoms with Crippen molar-refractivity contribution < 1.29 is 18.3 Å². The van der Waals surface area contributed by atoms with Gasteiger partial charge in [-0.15, -0.1) is 0 Å². The number of nitrogens with one attached hydrogen (secondary N) is 1. The van der Waals surface area contributed by atoms with E-state index in [2.05, 4.69) is 20.3 Å². The number of aromatic nitrogens is 3. The van der Waals surface area contributed by atoms with Gasteiger partial charge in [-0.2, -0.15) is 13.2 Å². The number of halogens is 3. The van der Waals surface area contributed by atoms with E-state index in [9.17, 15) is 18.3 Å². The Hall–Kier alpha value is -2.74. The first kappa shape index (κ1) is 16.1. The molecular formula is C16H13F3N4O. The topological polar surface area (TPSA) is 70.9 Å². The Morgan fingerprint density at radius 2 is 1.92 bits per heavy atom. The standard InChI is InChI=1S/C16H13F3N4O/c17-16(18,19)11-4-1-3-10(7-11)13(24)8-21-15-12-5-2-6-20-14(12)22-9-23-15/h1-7,9,13,24H,8H2,(H,20,21,22,23). The monoisotopic (exact) mass is 334 g/mol. The van der Waals surface area contributed by atoms with Crippen LogP contribution in [0.4, 0.5) is 19.0 Å². The van der Waals surface area contributed by atoms with Crippen molar-refractivity contribution in [3.05, 3.63) is 60.0 Å². The number of anilines is 1. The number of hydrogen-bond donors (Lipinski definition) is 2. The van der Waals surface area contributed by atoms with Gasteiger partial charge in [0.15, 0.2) is 5.65 Å². The van der Waals surface area contributed by atoms with Gasteiger partial charge >= 0.3 is 6.18 Å². The summed E-state index contributed by atoms with van der Waals surface area (Å²) in [5, 5.41) is 13.7. The van der Waals surface area contributed by atoms with E-state index < -0.39 is 17.8 Å². The number of nitrogens with zero attached hydrogens (tertiary/aromatic N) is 3. The SMILES string of the molecule is OC(CNc1ncnc2ncccc12)c1cccc(C(F)(F)F)c1. The molecule has 0 fully saturated rings. The summed E-state index contributed by atoms with van der Waals surface area (Å²) >= 11 is 0. The number of aliphatic hydroxyl groups excluding tert-OH is 1. The van der Waals surface area contributed by atoms with Crippen molar-refractivity contribution in [1.82, 2.24) is 15.0 Å². The molecule has 0 radical (unpaired) electrons. The van der Waals surface area contributed by atoms with Crippen LogP contribution < -0.4 is 5.32 Å². The summed E-state index contributed by atoms with van der Waals surface area (Å²) in [6.07, 6.45) is -2.64. The maximum Gasteiger partial charge on any atom is 0.416 e. The largest absolute Gasteiger partial charge is 0.416 e. The number of fused-ring (bicyclic) bond motifs is 1. The molecule has 0 saturated heterocycles. The zero-order valence-electron chi connectivity index (χ0n) is 12.3. The third-order valence-corrected chi connectivity index (χ3v) is 3.47. The second-order valence-electron chi connectivity index (χ2n) is 5.12. The highest BCUT2D eigenvalue weighted by molar-refractivity contribution is 5.85. The van der Waals surface area contributed by atoms with Crippen molar-refractivity contribution in [1.29, 1.82) is 0 Å². The lowest BCUT2D eigenvalue weighted by atomic mass is 10.1. The molecule has 0 saturated carbocycles. The Bertz CT molecular complexity index is 849. The molecule has 0 amide bonds. The smallest absolute Gasteiger partial charge is 0.387 e. The minimum atomic E-state index is -4.45. The van der Waals surface area contributed by atoms with Crippen molar-refractivity contribution in [3.63, 3.8) is 0 Å². The van der Waals surface area contributed by atoms with E-state index in [-0.39, 0.29) is 12.1 Å². The molecule has 2 aromatic heterocycles. The van der Waals surface area contributed by atoms with Crippen molar-refractivity contribution in [2.24, 2.45) is 0 Å². The third-order valence-electron chi connectivity index (χ3n) is 3.47. The third kappa shape index (κ3) is 3.43. The molecule has 1 aromatic carbocycles. The number of hydrogen-bond acceptors (Lipinski definition) is 5. The van der Waals surface area contributed by atoms with Gasteiger partial charge in [0.2, 0.25) is 0 Å². The van der Waals surface area contributed by atoms with Gasteiger partial charge in [0, 0.05) is 12.7 Å². The van der Waals surface area contributed by atoms with Crippen LogP contribution >= 0.6 is 0 Å². The molecule has 1 atom stereocenters. The van der Waals surface area contributed by atoms with Crippen molar-refractivity contribution in [2.75, 3.05) is 11.9 Å². The highest BCUT2D eigenvalue weighted by atomic mass is 19.4. The summed E-state index contributed by atoms with van der Waals surface area (Å²) in [6, 6.07) is 8.10. The Morgan fingerprint density at radius 3 is 2.71 bits per heavy atom. The molecule has 0 bridgehead atoms. The average Bonchev–Trinajstić information content (AvgIpc) is 2.59. The molecule has 5 nitrogen and oxygen atoms in total. The van der Waals surface area contributed by atoms with E-state index in [1.54, 1.807) is 18.3 Å². The quantitative estimate of drug-likeness (QED) is 0.767. The molecule has 0 spiro atoms. The molecule has 24 heavy (non-hydrogen) atoms. The van der Waals surface area contributed by atoms with Crippen LogP contribution in [0.2, 0.25) is 0 Å². The molecule has 0 aliphatic rings. The fraction of sp³-hybridized carbons (Fsp3) is 0.188. The number of benzene rings is 1. The van der Waals surface area contributed by atoms with E-state index >= 15 is 0 Å². The average molecular weight is 334 g/mol. The minimum absolute atomic E-state index is 0.00230. The van der Waals surface area contributed by atoms with Gasteiger partial charge in [-0.05, 0) is 29.8 Å². The lowest BCUT2D eigenvalue weighted by Gasteiger charge is -2.15. The molecular weight excluding hydrogens is 321 g/mol. The summed E-state index contributed by atoms with van der Waals surface area (Å²) in [5.41, 5.74) is -0.131. The van der Waals surface area contributed by atoms with Crippen LogP contribution in [0.15, 0.2) is 48.9 Å². The van der Waals surface area contributed by atoms with Crippen molar-refractivity contribution in [2.45, 2.75) is 12.3 Å². The molecule has 3 rings (SSSR count). The lowest BCUT2D eigenvalue weighted by Crippen LogP contribution is -2.14. The molecule has 2 N–H and O–H groups in total. The number of aliphatic hydroxyl groups is 1. The highest BCUT2D eigenvalue weighted by Crippen LogP contribution is 2.30. The summed E-state index contributed by atoms with van der Waals surface area (Å²) in [6.45, 7) is 0.00230. The predicted molar refractivity (Wildman–Crippen MR) is 82.2 cm³/mol. The normalized spacial score (nSPS) is 13.0. The minimum Gasteiger partial charge on any atom is -0.387 e. The zero-order valence-corrected chi connectivity index (χ0v) is 12.3. The maximum atomic E-state index is 12.7. The first-order valence-corrected chi connectivity index (χ1v) is 7.10. The van der Waals surface area contributed by atoms with E-state index in [0.717, 1.165) is 12.1 Å². The van der Waals surface area contributed by atoms with Crippen LogP contribution in [0.1, 0.15) is 17.2 Å². The molecule has 8 heteroatoms. The van der Waals surface area contributed by atoms with Gasteiger partial charge in [-0.1, -0.05) is 12.1 Å². The summed E-state index contributed by atoms with van der Waals surface area (Å²) < 4.78 is 38.2. The second kappa shape index (κ2) is 6.40.